The van der Waals surface area contributed by atoms with Gasteiger partial charge in [-0.2, -0.15) is 15.0 Å². The largest absolute Gasteiger partial charge is 0.463 e. The zero-order valence-corrected chi connectivity index (χ0v) is 8.58. The van der Waals surface area contributed by atoms with E-state index < -0.39 is 0 Å². The molecule has 0 fully saturated rings. The third kappa shape index (κ3) is 3.18. The van der Waals surface area contributed by atoms with Crippen LogP contribution in [0, 0.1) is 0 Å². The van der Waals surface area contributed by atoms with Gasteiger partial charge in [0.2, 0.25) is 11.2 Å². The second-order valence-electron chi connectivity index (χ2n) is 2.39. The molecule has 0 amide bonds. The zero-order valence-electron chi connectivity index (χ0n) is 7.83. The fraction of sp³-hybridized carbons (Fsp3) is 0.375. The molecule has 0 saturated heterocycles. The number of ether oxygens (including phenoxy) is 1. The monoisotopic (exact) mass is 214 g/mol. The van der Waals surface area contributed by atoms with E-state index in [0.29, 0.717) is 12.6 Å². The highest BCUT2D eigenvalue weighted by molar-refractivity contribution is 6.28. The summed E-state index contributed by atoms with van der Waals surface area (Å²) in [6.07, 6.45) is 2.49. The lowest BCUT2D eigenvalue weighted by Gasteiger charge is -2.03. The minimum atomic E-state index is 0.109. The number of anilines is 1. The van der Waals surface area contributed by atoms with Gasteiger partial charge < -0.3 is 10.1 Å². The van der Waals surface area contributed by atoms with Crippen LogP contribution in [0.2, 0.25) is 5.28 Å². The van der Waals surface area contributed by atoms with Crippen molar-refractivity contribution >= 4 is 17.5 Å². The summed E-state index contributed by atoms with van der Waals surface area (Å²) >= 11 is 5.64. The molecule has 6 heteroatoms. The molecular weight excluding hydrogens is 204 g/mol. The summed E-state index contributed by atoms with van der Waals surface area (Å²) in [6.45, 7) is 4.05. The van der Waals surface area contributed by atoms with Crippen LogP contribution in [0.25, 0.3) is 0 Å². The topological polar surface area (TPSA) is 59.9 Å². The summed E-state index contributed by atoms with van der Waals surface area (Å²) in [4.78, 5) is 11.6. The Balaban J connectivity index is 2.66. The quantitative estimate of drug-likeness (QED) is 0.595. The van der Waals surface area contributed by atoms with Gasteiger partial charge in [-0.25, -0.2) is 0 Å². The van der Waals surface area contributed by atoms with Crippen molar-refractivity contribution in [2.45, 2.75) is 6.42 Å². The molecule has 76 valence electrons. The van der Waals surface area contributed by atoms with E-state index in [1.807, 2.05) is 0 Å². The molecule has 1 heterocycles. The molecule has 0 atom stereocenters. The third-order valence-corrected chi connectivity index (χ3v) is 1.53. The first kappa shape index (κ1) is 10.7. The molecule has 0 radical (unpaired) electrons. The smallest absolute Gasteiger partial charge is 0.322 e. The summed E-state index contributed by atoms with van der Waals surface area (Å²) in [5.74, 6) is 0.388. The second-order valence-corrected chi connectivity index (χ2v) is 2.72. The predicted octanol–water partition coefficient (Wildman–Crippen LogP) is 1.52. The average molecular weight is 215 g/mol. The molecule has 1 rings (SSSR count). The molecule has 0 aliphatic rings. The van der Waals surface area contributed by atoms with Crippen LogP contribution < -0.4 is 10.1 Å². The first-order valence-electron chi connectivity index (χ1n) is 4.09. The van der Waals surface area contributed by atoms with Gasteiger partial charge in [0, 0.05) is 7.05 Å². The van der Waals surface area contributed by atoms with E-state index in [1.54, 1.807) is 13.1 Å². The predicted molar refractivity (Wildman–Crippen MR) is 54.7 cm³/mol. The maximum absolute atomic E-state index is 5.64. The van der Waals surface area contributed by atoms with Gasteiger partial charge in [-0.3, -0.25) is 0 Å². The van der Waals surface area contributed by atoms with Crippen LogP contribution in [0.15, 0.2) is 12.7 Å². The number of nitrogens with zero attached hydrogens (tertiary/aromatic N) is 3. The number of hydrogen-bond acceptors (Lipinski definition) is 5. The van der Waals surface area contributed by atoms with Crippen LogP contribution in [-0.4, -0.2) is 28.6 Å². The lowest BCUT2D eigenvalue weighted by Crippen LogP contribution is -2.04. The number of rotatable bonds is 5. The Bertz CT molecular complexity index is 318. The molecule has 0 unspecified atom stereocenters. The molecule has 0 aliphatic carbocycles. The lowest BCUT2D eigenvalue weighted by molar-refractivity contribution is 0.298. The van der Waals surface area contributed by atoms with Gasteiger partial charge in [-0.1, -0.05) is 6.08 Å². The molecule has 14 heavy (non-hydrogen) atoms. The highest BCUT2D eigenvalue weighted by Crippen LogP contribution is 2.10. The highest BCUT2D eigenvalue weighted by Gasteiger charge is 2.03. The molecule has 0 spiro atoms. The molecule has 1 aromatic rings. The first-order chi connectivity index (χ1) is 6.76. The van der Waals surface area contributed by atoms with Crippen molar-refractivity contribution in [3.05, 3.63) is 17.9 Å². The average Bonchev–Trinajstić information content (AvgIpc) is 2.17. The van der Waals surface area contributed by atoms with E-state index in [1.165, 1.54) is 0 Å². The summed E-state index contributed by atoms with van der Waals surface area (Å²) in [7, 11) is 1.69. The molecule has 5 nitrogen and oxygen atoms in total. The molecular formula is C8H11ClN4O. The number of halogens is 1. The van der Waals surface area contributed by atoms with Crippen molar-refractivity contribution < 1.29 is 4.74 Å². The van der Waals surface area contributed by atoms with Crippen molar-refractivity contribution in [3.8, 4) is 6.01 Å². The summed E-state index contributed by atoms with van der Waals surface area (Å²) in [5.41, 5.74) is 0. The third-order valence-electron chi connectivity index (χ3n) is 1.36. The van der Waals surface area contributed by atoms with Crippen LogP contribution in [0.3, 0.4) is 0 Å². The van der Waals surface area contributed by atoms with Crippen molar-refractivity contribution in [3.63, 3.8) is 0 Å². The van der Waals surface area contributed by atoms with E-state index in [0.717, 1.165) is 6.42 Å². The lowest BCUT2D eigenvalue weighted by atomic mass is 10.5. The SMILES string of the molecule is C=CCCOc1nc(Cl)nc(NC)n1. The van der Waals surface area contributed by atoms with Crippen LogP contribution in [0.5, 0.6) is 6.01 Å². The normalized spacial score (nSPS) is 9.57. The second kappa shape index (κ2) is 5.39. The molecule has 0 bridgehead atoms. The van der Waals surface area contributed by atoms with E-state index in [2.05, 4.69) is 26.8 Å². The number of hydrogen-bond donors (Lipinski definition) is 1. The number of nitrogens with one attached hydrogen (secondary N) is 1. The van der Waals surface area contributed by atoms with E-state index in [4.69, 9.17) is 16.3 Å². The maximum Gasteiger partial charge on any atom is 0.322 e. The summed E-state index contributed by atoms with van der Waals surface area (Å²) in [6, 6.07) is 0.219. The van der Waals surface area contributed by atoms with Crippen molar-refractivity contribution in [1.82, 2.24) is 15.0 Å². The Morgan fingerprint density at radius 3 is 2.93 bits per heavy atom. The Labute approximate surface area is 87.2 Å². The van der Waals surface area contributed by atoms with Gasteiger partial charge in [0.15, 0.2) is 0 Å². The van der Waals surface area contributed by atoms with Gasteiger partial charge in [-0.05, 0) is 18.0 Å². The van der Waals surface area contributed by atoms with E-state index >= 15 is 0 Å². The minimum Gasteiger partial charge on any atom is -0.463 e. The van der Waals surface area contributed by atoms with E-state index in [-0.39, 0.29) is 11.3 Å². The standard InChI is InChI=1S/C8H11ClN4O/c1-3-4-5-14-8-12-6(9)11-7(10-2)13-8/h3H,1,4-5H2,2H3,(H,10,11,12,13). The first-order valence-corrected chi connectivity index (χ1v) is 4.47. The van der Waals surface area contributed by atoms with Crippen molar-refractivity contribution in [1.29, 1.82) is 0 Å². The number of aromatic nitrogens is 3. The molecule has 1 N–H and O–H groups in total. The van der Waals surface area contributed by atoms with E-state index in [9.17, 15) is 0 Å². The van der Waals surface area contributed by atoms with Crippen molar-refractivity contribution in [2.24, 2.45) is 0 Å². The van der Waals surface area contributed by atoms with Crippen LogP contribution in [-0.2, 0) is 0 Å². The zero-order chi connectivity index (χ0) is 10.4. The van der Waals surface area contributed by atoms with Gasteiger partial charge >= 0.3 is 6.01 Å². The maximum atomic E-state index is 5.64. The fourth-order valence-corrected chi connectivity index (χ4v) is 0.894. The Morgan fingerprint density at radius 2 is 2.29 bits per heavy atom. The molecule has 0 aliphatic heterocycles. The highest BCUT2D eigenvalue weighted by atomic mass is 35.5. The van der Waals surface area contributed by atoms with Gasteiger partial charge in [0.1, 0.15) is 0 Å². The van der Waals surface area contributed by atoms with Gasteiger partial charge in [0.25, 0.3) is 0 Å². The van der Waals surface area contributed by atoms with Crippen LogP contribution in [0.1, 0.15) is 6.42 Å². The molecule has 0 aromatic carbocycles. The summed E-state index contributed by atoms with van der Waals surface area (Å²) in [5, 5.41) is 2.86. The van der Waals surface area contributed by atoms with Crippen molar-refractivity contribution in [2.75, 3.05) is 19.0 Å². The fourth-order valence-electron chi connectivity index (χ4n) is 0.742. The van der Waals surface area contributed by atoms with Gasteiger partial charge in [-0.15, -0.1) is 6.58 Å². The Kier molecular flexibility index (Phi) is 4.12. The molecule has 0 saturated carbocycles. The van der Waals surface area contributed by atoms with Gasteiger partial charge in [0.05, 0.1) is 6.61 Å². The Hall–Kier alpha value is -1.36. The van der Waals surface area contributed by atoms with Crippen LogP contribution in [0.4, 0.5) is 5.95 Å². The minimum absolute atomic E-state index is 0.109. The summed E-state index contributed by atoms with van der Waals surface area (Å²) < 4.78 is 5.21. The molecule has 1 aromatic heterocycles. The van der Waals surface area contributed by atoms with Crippen LogP contribution >= 0.6 is 11.6 Å². The Morgan fingerprint density at radius 1 is 1.50 bits per heavy atom.